The van der Waals surface area contributed by atoms with Gasteiger partial charge in [-0.3, -0.25) is 4.79 Å². The highest BCUT2D eigenvalue weighted by molar-refractivity contribution is 7.36. The van der Waals surface area contributed by atoms with Gasteiger partial charge in [-0.05, 0) is 12.8 Å². The van der Waals surface area contributed by atoms with Crippen LogP contribution in [-0.4, -0.2) is 24.9 Å². The Bertz CT molecular complexity index is 164. The fourth-order valence-electron chi connectivity index (χ4n) is 0.626. The van der Waals surface area contributed by atoms with Crippen molar-refractivity contribution in [2.24, 2.45) is 0 Å². The van der Waals surface area contributed by atoms with E-state index in [4.69, 9.17) is 10.00 Å². The molecule has 2 unspecified atom stereocenters. The molecule has 0 aliphatic rings. The molecule has 0 aliphatic carbocycles. The summed E-state index contributed by atoms with van der Waals surface area (Å²) in [7, 11) is 0.808. The Morgan fingerprint density at radius 1 is 1.82 bits per heavy atom. The molecule has 4 heteroatoms. The molecule has 2 atom stereocenters. The summed E-state index contributed by atoms with van der Waals surface area (Å²) in [5.41, 5.74) is 0. The summed E-state index contributed by atoms with van der Waals surface area (Å²) < 4.78 is 4.71. The Morgan fingerprint density at radius 3 is 2.82 bits per heavy atom. The molecule has 0 amide bonds. The van der Waals surface area contributed by atoms with Crippen LogP contribution in [0.3, 0.4) is 0 Å². The van der Waals surface area contributed by atoms with Gasteiger partial charge in [0, 0.05) is 13.3 Å². The Hall–Kier alpha value is -0.610. The van der Waals surface area contributed by atoms with Crippen LogP contribution in [0, 0.1) is 11.3 Å². The lowest BCUT2D eigenvalue weighted by Crippen LogP contribution is -2.14. The van der Waals surface area contributed by atoms with Crippen LogP contribution in [0.5, 0.6) is 0 Å². The average molecular weight is 173 g/mol. The first-order valence-electron chi connectivity index (χ1n) is 3.42. The van der Waals surface area contributed by atoms with Gasteiger partial charge in [0.15, 0.2) is 6.10 Å². The molecule has 0 spiro atoms. The quantitative estimate of drug-likeness (QED) is 0.473. The standard InChI is InChI=1S/C7H12NO2P/c1-6(9)10-7(5-8)3-4-11-2/h7,11H,3-4H2,1-2H3. The van der Waals surface area contributed by atoms with Crippen LogP contribution in [0.25, 0.3) is 0 Å². The molecule has 0 heterocycles. The van der Waals surface area contributed by atoms with Crippen molar-refractivity contribution in [1.82, 2.24) is 0 Å². The minimum atomic E-state index is -0.542. The van der Waals surface area contributed by atoms with Gasteiger partial charge in [0.2, 0.25) is 0 Å². The van der Waals surface area contributed by atoms with Crippen molar-refractivity contribution in [3.8, 4) is 6.07 Å². The third-order valence-corrected chi connectivity index (χ3v) is 1.90. The van der Waals surface area contributed by atoms with Crippen LogP contribution in [-0.2, 0) is 9.53 Å². The van der Waals surface area contributed by atoms with Gasteiger partial charge in [-0.25, -0.2) is 0 Å². The maximum Gasteiger partial charge on any atom is 0.303 e. The number of hydrogen-bond acceptors (Lipinski definition) is 3. The second-order valence-electron chi connectivity index (χ2n) is 2.12. The zero-order valence-electron chi connectivity index (χ0n) is 6.76. The molecule has 62 valence electrons. The molecule has 11 heavy (non-hydrogen) atoms. The monoisotopic (exact) mass is 173 g/mol. The number of ether oxygens (including phenoxy) is 1. The molecular formula is C7H12NO2P. The van der Waals surface area contributed by atoms with Gasteiger partial charge in [0.1, 0.15) is 6.07 Å². The topological polar surface area (TPSA) is 50.1 Å². The number of hydrogen-bond donors (Lipinski definition) is 0. The van der Waals surface area contributed by atoms with Crippen molar-refractivity contribution in [2.45, 2.75) is 19.4 Å². The minimum Gasteiger partial charge on any atom is -0.447 e. The Kier molecular flexibility index (Phi) is 5.78. The molecule has 0 aromatic heterocycles. The maximum absolute atomic E-state index is 10.4. The summed E-state index contributed by atoms with van der Waals surface area (Å²) >= 11 is 0. The van der Waals surface area contributed by atoms with Gasteiger partial charge in [0.05, 0.1) is 0 Å². The highest BCUT2D eigenvalue weighted by atomic mass is 31.1. The van der Waals surface area contributed by atoms with Crippen LogP contribution in [0.1, 0.15) is 13.3 Å². The number of nitrogens with zero attached hydrogens (tertiary/aromatic N) is 1. The number of rotatable bonds is 4. The van der Waals surface area contributed by atoms with Gasteiger partial charge in [-0.2, -0.15) is 5.26 Å². The third-order valence-electron chi connectivity index (χ3n) is 1.11. The predicted molar refractivity (Wildman–Crippen MR) is 44.9 cm³/mol. The molecule has 0 fully saturated rings. The van der Waals surface area contributed by atoms with Crippen LogP contribution in [0.4, 0.5) is 0 Å². The molecule has 0 saturated carbocycles. The summed E-state index contributed by atoms with van der Waals surface area (Å²) in [6, 6.07) is 1.93. The molecule has 0 aliphatic heterocycles. The van der Waals surface area contributed by atoms with Gasteiger partial charge in [-0.1, -0.05) is 0 Å². The molecule has 0 radical (unpaired) electrons. The van der Waals surface area contributed by atoms with Gasteiger partial charge < -0.3 is 4.74 Å². The molecule has 3 nitrogen and oxygen atoms in total. The Labute approximate surface area is 68.5 Å². The molecule has 0 aromatic carbocycles. The largest absolute Gasteiger partial charge is 0.447 e. The SMILES string of the molecule is CPCCC(C#N)OC(C)=O. The normalized spacial score (nSPS) is 12.8. The average Bonchev–Trinajstić information content (AvgIpc) is 1.97. The first-order chi connectivity index (χ1) is 5.20. The minimum absolute atomic E-state index is 0.379. The molecular weight excluding hydrogens is 161 g/mol. The van der Waals surface area contributed by atoms with Crippen molar-refractivity contribution in [2.75, 3.05) is 12.8 Å². The van der Waals surface area contributed by atoms with E-state index < -0.39 is 6.10 Å². The van der Waals surface area contributed by atoms with E-state index in [0.717, 1.165) is 14.7 Å². The zero-order valence-corrected chi connectivity index (χ0v) is 7.76. The lowest BCUT2D eigenvalue weighted by molar-refractivity contribution is -0.143. The first kappa shape index (κ1) is 10.4. The number of carbonyl (C=O) groups is 1. The molecule has 0 bridgehead atoms. The van der Waals surface area contributed by atoms with Crippen LogP contribution in [0.15, 0.2) is 0 Å². The second kappa shape index (κ2) is 6.12. The summed E-state index contributed by atoms with van der Waals surface area (Å²) in [5.74, 6) is -0.379. The van der Waals surface area contributed by atoms with Gasteiger partial charge >= 0.3 is 5.97 Å². The maximum atomic E-state index is 10.4. The van der Waals surface area contributed by atoms with Crippen LogP contribution < -0.4 is 0 Å². The van der Waals surface area contributed by atoms with E-state index in [1.807, 2.05) is 6.07 Å². The molecule has 0 saturated heterocycles. The van der Waals surface area contributed by atoms with Crippen molar-refractivity contribution in [3.63, 3.8) is 0 Å². The summed E-state index contributed by atoms with van der Waals surface area (Å²) in [6.45, 7) is 3.38. The highest BCUT2D eigenvalue weighted by Gasteiger charge is 2.08. The van der Waals surface area contributed by atoms with E-state index in [0.29, 0.717) is 6.42 Å². The van der Waals surface area contributed by atoms with Gasteiger partial charge in [0.25, 0.3) is 0 Å². The van der Waals surface area contributed by atoms with E-state index in [1.165, 1.54) is 6.92 Å². The summed E-state index contributed by atoms with van der Waals surface area (Å²) in [4.78, 5) is 10.4. The van der Waals surface area contributed by atoms with Crippen molar-refractivity contribution >= 4 is 14.6 Å². The lowest BCUT2D eigenvalue weighted by Gasteiger charge is -2.07. The smallest absolute Gasteiger partial charge is 0.303 e. The van der Waals surface area contributed by atoms with Crippen LogP contribution >= 0.6 is 8.58 Å². The predicted octanol–water partition coefficient (Wildman–Crippen LogP) is 1.14. The van der Waals surface area contributed by atoms with Crippen LogP contribution in [0.2, 0.25) is 0 Å². The third kappa shape index (κ3) is 5.82. The summed E-state index contributed by atoms with van der Waals surface area (Å²) in [6.07, 6.45) is 1.07. The Balaban J connectivity index is 3.60. The van der Waals surface area contributed by atoms with E-state index in [-0.39, 0.29) is 5.97 Å². The lowest BCUT2D eigenvalue weighted by atomic mass is 10.3. The second-order valence-corrected chi connectivity index (χ2v) is 3.33. The molecule has 0 aromatic rings. The van der Waals surface area contributed by atoms with Crippen molar-refractivity contribution in [1.29, 1.82) is 5.26 Å². The first-order valence-corrected chi connectivity index (χ1v) is 5.13. The highest BCUT2D eigenvalue weighted by Crippen LogP contribution is 2.08. The fourth-order valence-corrected chi connectivity index (χ4v) is 1.18. The van der Waals surface area contributed by atoms with E-state index in [9.17, 15) is 4.79 Å². The number of nitriles is 1. The number of carbonyl (C=O) groups excluding carboxylic acids is 1. The van der Waals surface area contributed by atoms with Crippen molar-refractivity contribution in [3.05, 3.63) is 0 Å². The fraction of sp³-hybridized carbons (Fsp3) is 0.714. The summed E-state index contributed by atoms with van der Waals surface area (Å²) in [5, 5.41) is 8.48. The number of esters is 1. The molecule has 0 rings (SSSR count). The van der Waals surface area contributed by atoms with E-state index in [1.54, 1.807) is 0 Å². The Morgan fingerprint density at radius 2 is 2.45 bits per heavy atom. The molecule has 0 N–H and O–H groups in total. The van der Waals surface area contributed by atoms with Crippen molar-refractivity contribution < 1.29 is 9.53 Å². The zero-order chi connectivity index (χ0) is 8.69. The van der Waals surface area contributed by atoms with Gasteiger partial charge in [-0.15, -0.1) is 8.58 Å². The van der Waals surface area contributed by atoms with E-state index in [2.05, 4.69) is 6.66 Å². The van der Waals surface area contributed by atoms with E-state index >= 15 is 0 Å².